The van der Waals surface area contributed by atoms with Crippen molar-refractivity contribution in [2.45, 2.75) is 51.7 Å². The lowest BCUT2D eigenvalue weighted by atomic mass is 9.94. The number of carboxylic acid groups (broad SMARTS) is 1. The Morgan fingerprint density at radius 2 is 1.89 bits per heavy atom. The van der Waals surface area contributed by atoms with Crippen molar-refractivity contribution < 1.29 is 19.8 Å². The molecule has 1 atom stereocenters. The summed E-state index contributed by atoms with van der Waals surface area (Å²) in [5.74, 6) is -1.00. The molecule has 1 rings (SSSR count). The SMILES string of the molecule is CCC(C)N(CC(=O)O)C(=O)N1CCC(C)(O)CC1. The molecule has 110 valence electrons. The van der Waals surface area contributed by atoms with E-state index < -0.39 is 11.6 Å². The Morgan fingerprint density at radius 3 is 2.32 bits per heavy atom. The number of carbonyl (C=O) groups is 2. The van der Waals surface area contributed by atoms with Crippen molar-refractivity contribution in [1.29, 1.82) is 0 Å². The van der Waals surface area contributed by atoms with Gasteiger partial charge >= 0.3 is 12.0 Å². The van der Waals surface area contributed by atoms with Crippen molar-refractivity contribution in [2.75, 3.05) is 19.6 Å². The predicted molar refractivity (Wildman–Crippen MR) is 70.9 cm³/mol. The minimum atomic E-state index is -1.00. The first-order valence-electron chi connectivity index (χ1n) is 6.76. The van der Waals surface area contributed by atoms with Crippen LogP contribution >= 0.6 is 0 Å². The van der Waals surface area contributed by atoms with Crippen molar-refractivity contribution in [3.8, 4) is 0 Å². The number of hydrogen-bond donors (Lipinski definition) is 2. The summed E-state index contributed by atoms with van der Waals surface area (Å²) < 4.78 is 0. The number of urea groups is 1. The van der Waals surface area contributed by atoms with E-state index >= 15 is 0 Å². The highest BCUT2D eigenvalue weighted by Crippen LogP contribution is 2.22. The van der Waals surface area contributed by atoms with Gasteiger partial charge in [-0.3, -0.25) is 4.79 Å². The number of aliphatic hydroxyl groups is 1. The van der Waals surface area contributed by atoms with Crippen LogP contribution in [0.1, 0.15) is 40.0 Å². The largest absolute Gasteiger partial charge is 0.480 e. The van der Waals surface area contributed by atoms with Gasteiger partial charge < -0.3 is 20.0 Å². The van der Waals surface area contributed by atoms with Crippen molar-refractivity contribution in [3.63, 3.8) is 0 Å². The van der Waals surface area contributed by atoms with E-state index in [1.807, 2.05) is 13.8 Å². The fraction of sp³-hybridized carbons (Fsp3) is 0.846. The number of nitrogens with zero attached hydrogens (tertiary/aromatic N) is 2. The minimum Gasteiger partial charge on any atom is -0.480 e. The van der Waals surface area contributed by atoms with Crippen LogP contribution in [0.3, 0.4) is 0 Å². The standard InChI is InChI=1S/C13H24N2O4/c1-4-10(2)15(9-11(16)17)12(18)14-7-5-13(3,19)6-8-14/h10,19H,4-9H2,1-3H3,(H,16,17). The maximum Gasteiger partial charge on any atom is 0.323 e. The third-order valence-corrected chi connectivity index (χ3v) is 3.79. The summed E-state index contributed by atoms with van der Waals surface area (Å²) in [6.07, 6.45) is 1.77. The Bertz CT molecular complexity index is 334. The third-order valence-electron chi connectivity index (χ3n) is 3.79. The molecule has 0 saturated carbocycles. The van der Waals surface area contributed by atoms with Crippen LogP contribution < -0.4 is 0 Å². The van der Waals surface area contributed by atoms with Gasteiger partial charge in [0.15, 0.2) is 0 Å². The summed E-state index contributed by atoms with van der Waals surface area (Å²) in [5.41, 5.74) is -0.717. The second-order valence-corrected chi connectivity index (χ2v) is 5.55. The number of piperidine rings is 1. The van der Waals surface area contributed by atoms with Gasteiger partial charge in [0.1, 0.15) is 6.54 Å². The number of hydrogen-bond acceptors (Lipinski definition) is 3. The van der Waals surface area contributed by atoms with Crippen LogP contribution in [0.5, 0.6) is 0 Å². The van der Waals surface area contributed by atoms with E-state index in [9.17, 15) is 14.7 Å². The average molecular weight is 272 g/mol. The highest BCUT2D eigenvalue weighted by atomic mass is 16.4. The molecule has 0 aromatic carbocycles. The Labute approximate surface area is 114 Å². The summed E-state index contributed by atoms with van der Waals surface area (Å²) in [4.78, 5) is 26.2. The summed E-state index contributed by atoms with van der Waals surface area (Å²) >= 11 is 0. The van der Waals surface area contributed by atoms with Crippen LogP contribution in [-0.2, 0) is 4.79 Å². The van der Waals surface area contributed by atoms with Gasteiger partial charge in [-0.2, -0.15) is 0 Å². The molecule has 0 aliphatic carbocycles. The number of carbonyl (C=O) groups excluding carboxylic acids is 1. The van der Waals surface area contributed by atoms with Gasteiger partial charge in [-0.15, -0.1) is 0 Å². The molecule has 1 unspecified atom stereocenters. The van der Waals surface area contributed by atoms with E-state index in [-0.39, 0.29) is 18.6 Å². The van der Waals surface area contributed by atoms with E-state index in [2.05, 4.69) is 0 Å². The molecule has 6 heteroatoms. The Balaban J connectivity index is 2.69. The molecule has 2 amide bonds. The van der Waals surface area contributed by atoms with Crippen LogP contribution in [0.15, 0.2) is 0 Å². The quantitative estimate of drug-likeness (QED) is 0.804. The monoisotopic (exact) mass is 272 g/mol. The molecule has 6 nitrogen and oxygen atoms in total. The molecule has 0 aromatic rings. The molecule has 0 bridgehead atoms. The third kappa shape index (κ3) is 4.38. The fourth-order valence-electron chi connectivity index (χ4n) is 2.14. The molecular weight excluding hydrogens is 248 g/mol. The van der Waals surface area contributed by atoms with Crippen LogP contribution in [0.2, 0.25) is 0 Å². The topological polar surface area (TPSA) is 81.1 Å². The first-order valence-corrected chi connectivity index (χ1v) is 6.76. The molecule has 0 spiro atoms. The number of aliphatic carboxylic acids is 1. The molecule has 1 saturated heterocycles. The zero-order chi connectivity index (χ0) is 14.6. The molecule has 1 heterocycles. The van der Waals surface area contributed by atoms with Crippen LogP contribution in [-0.4, -0.2) is 63.3 Å². The van der Waals surface area contributed by atoms with Gasteiger partial charge in [0.05, 0.1) is 5.60 Å². The van der Waals surface area contributed by atoms with Gasteiger partial charge in [0, 0.05) is 19.1 Å². The number of carboxylic acids is 1. The normalized spacial score (nSPS) is 19.9. The molecule has 19 heavy (non-hydrogen) atoms. The van der Waals surface area contributed by atoms with Gasteiger partial charge in [0.25, 0.3) is 0 Å². The smallest absolute Gasteiger partial charge is 0.323 e. The van der Waals surface area contributed by atoms with E-state index in [4.69, 9.17) is 5.11 Å². The first-order chi connectivity index (χ1) is 8.76. The average Bonchev–Trinajstić information content (AvgIpc) is 2.34. The Kier molecular flexibility index (Phi) is 5.17. The van der Waals surface area contributed by atoms with E-state index in [1.165, 1.54) is 4.90 Å². The van der Waals surface area contributed by atoms with Gasteiger partial charge in [-0.1, -0.05) is 6.92 Å². The van der Waals surface area contributed by atoms with Gasteiger partial charge in [-0.05, 0) is 33.1 Å². The molecule has 1 aliphatic heterocycles. The summed E-state index contributed by atoms with van der Waals surface area (Å²) in [6, 6.07) is -0.349. The number of rotatable bonds is 4. The lowest BCUT2D eigenvalue weighted by molar-refractivity contribution is -0.138. The van der Waals surface area contributed by atoms with Crippen LogP contribution in [0.25, 0.3) is 0 Å². The van der Waals surface area contributed by atoms with Gasteiger partial charge in [-0.25, -0.2) is 4.79 Å². The second-order valence-electron chi connectivity index (χ2n) is 5.55. The van der Waals surface area contributed by atoms with Crippen molar-refractivity contribution in [3.05, 3.63) is 0 Å². The summed E-state index contributed by atoms with van der Waals surface area (Å²) in [7, 11) is 0. The first kappa shape index (κ1) is 15.8. The molecule has 1 aliphatic rings. The fourth-order valence-corrected chi connectivity index (χ4v) is 2.14. The zero-order valence-electron chi connectivity index (χ0n) is 11.9. The summed E-state index contributed by atoms with van der Waals surface area (Å²) in [5, 5.41) is 18.8. The highest BCUT2D eigenvalue weighted by molar-refractivity contribution is 5.80. The van der Waals surface area contributed by atoms with E-state index in [0.717, 1.165) is 0 Å². The molecule has 0 aromatic heterocycles. The lowest BCUT2D eigenvalue weighted by Gasteiger charge is -2.39. The van der Waals surface area contributed by atoms with E-state index in [1.54, 1.807) is 11.8 Å². The molecule has 2 N–H and O–H groups in total. The predicted octanol–water partition coefficient (Wildman–Crippen LogP) is 1.14. The maximum atomic E-state index is 12.4. The zero-order valence-corrected chi connectivity index (χ0v) is 11.9. The molecule has 1 fully saturated rings. The minimum absolute atomic E-state index is 0.106. The summed E-state index contributed by atoms with van der Waals surface area (Å²) in [6.45, 7) is 6.20. The molecule has 0 radical (unpaired) electrons. The Morgan fingerprint density at radius 1 is 1.37 bits per heavy atom. The number of amides is 2. The van der Waals surface area contributed by atoms with E-state index in [0.29, 0.717) is 32.4 Å². The van der Waals surface area contributed by atoms with Gasteiger partial charge in [0.2, 0.25) is 0 Å². The highest BCUT2D eigenvalue weighted by Gasteiger charge is 2.33. The van der Waals surface area contributed by atoms with Crippen molar-refractivity contribution >= 4 is 12.0 Å². The lowest BCUT2D eigenvalue weighted by Crippen LogP contribution is -2.53. The van der Waals surface area contributed by atoms with Crippen molar-refractivity contribution in [2.24, 2.45) is 0 Å². The molecular formula is C13H24N2O4. The van der Waals surface area contributed by atoms with Crippen LogP contribution in [0.4, 0.5) is 4.79 Å². The Hall–Kier alpha value is -1.30. The second kappa shape index (κ2) is 6.23. The van der Waals surface area contributed by atoms with Crippen molar-refractivity contribution in [1.82, 2.24) is 9.80 Å². The number of likely N-dealkylation sites (tertiary alicyclic amines) is 1. The van der Waals surface area contributed by atoms with Crippen LogP contribution in [0, 0.1) is 0 Å². The maximum absolute atomic E-state index is 12.4.